The van der Waals surface area contributed by atoms with Gasteiger partial charge in [-0.3, -0.25) is 4.79 Å². The maximum Gasteiger partial charge on any atom is 0.227 e. The summed E-state index contributed by atoms with van der Waals surface area (Å²) in [6.45, 7) is 3.73. The average Bonchev–Trinajstić information content (AvgIpc) is 2.98. The van der Waals surface area contributed by atoms with Gasteiger partial charge in [0.2, 0.25) is 5.91 Å². The highest BCUT2D eigenvalue weighted by molar-refractivity contribution is 5.83. The van der Waals surface area contributed by atoms with Gasteiger partial charge in [-0.1, -0.05) is 43.7 Å². The van der Waals surface area contributed by atoms with Crippen LogP contribution in [-0.4, -0.2) is 36.8 Å². The van der Waals surface area contributed by atoms with Gasteiger partial charge < -0.3 is 15.7 Å². The highest BCUT2D eigenvalue weighted by atomic mass is 16.3. The Morgan fingerprint density at radius 3 is 2.76 bits per heavy atom. The van der Waals surface area contributed by atoms with Gasteiger partial charge in [-0.05, 0) is 31.4 Å². The van der Waals surface area contributed by atoms with Crippen LogP contribution in [0.2, 0.25) is 0 Å². The van der Waals surface area contributed by atoms with Gasteiger partial charge >= 0.3 is 0 Å². The molecule has 1 unspecified atom stereocenters. The second-order valence-electron chi connectivity index (χ2n) is 6.00. The minimum atomic E-state index is -0.293. The van der Waals surface area contributed by atoms with Crippen LogP contribution in [0.3, 0.4) is 0 Å². The van der Waals surface area contributed by atoms with E-state index in [0.29, 0.717) is 6.42 Å². The summed E-state index contributed by atoms with van der Waals surface area (Å²) in [4.78, 5) is 12.7. The van der Waals surface area contributed by atoms with Crippen molar-refractivity contribution in [3.63, 3.8) is 0 Å². The lowest BCUT2D eigenvalue weighted by Crippen LogP contribution is -2.48. The molecular weight excluding hydrogens is 264 g/mol. The fourth-order valence-electron chi connectivity index (χ4n) is 3.14. The van der Waals surface area contributed by atoms with E-state index in [0.717, 1.165) is 37.9 Å². The maximum atomic E-state index is 12.7. The molecule has 1 aliphatic rings. The van der Waals surface area contributed by atoms with Crippen molar-refractivity contribution in [3.8, 4) is 0 Å². The molecule has 1 heterocycles. The monoisotopic (exact) mass is 290 g/mol. The van der Waals surface area contributed by atoms with Crippen molar-refractivity contribution in [1.82, 2.24) is 10.6 Å². The van der Waals surface area contributed by atoms with Crippen LogP contribution in [0.15, 0.2) is 30.3 Å². The van der Waals surface area contributed by atoms with E-state index in [-0.39, 0.29) is 24.0 Å². The SMILES string of the molecule is CCCC1(C(=O)N[C@H](CO)Cc2ccccc2)CCNC1. The molecule has 21 heavy (non-hydrogen) atoms. The molecule has 1 amide bonds. The molecule has 116 valence electrons. The number of hydrogen-bond donors (Lipinski definition) is 3. The van der Waals surface area contributed by atoms with E-state index in [9.17, 15) is 9.90 Å². The van der Waals surface area contributed by atoms with Gasteiger partial charge in [-0.15, -0.1) is 0 Å². The molecule has 1 aromatic carbocycles. The third-order valence-electron chi connectivity index (χ3n) is 4.33. The first kappa shape index (κ1) is 16.0. The third-order valence-corrected chi connectivity index (χ3v) is 4.33. The maximum absolute atomic E-state index is 12.7. The molecule has 1 fully saturated rings. The second-order valence-corrected chi connectivity index (χ2v) is 6.00. The minimum Gasteiger partial charge on any atom is -0.394 e. The zero-order valence-electron chi connectivity index (χ0n) is 12.8. The van der Waals surface area contributed by atoms with Gasteiger partial charge in [0.15, 0.2) is 0 Å². The van der Waals surface area contributed by atoms with E-state index < -0.39 is 0 Å². The number of nitrogens with one attached hydrogen (secondary N) is 2. The van der Waals surface area contributed by atoms with Crippen LogP contribution in [0, 0.1) is 5.41 Å². The predicted octanol–water partition coefficient (Wildman–Crippen LogP) is 1.49. The molecule has 2 atom stereocenters. The lowest BCUT2D eigenvalue weighted by atomic mass is 9.81. The van der Waals surface area contributed by atoms with Crippen LogP contribution in [0.25, 0.3) is 0 Å². The molecule has 0 aliphatic carbocycles. The number of rotatable bonds is 7. The Kier molecular flexibility index (Phi) is 5.76. The first-order chi connectivity index (χ1) is 10.2. The van der Waals surface area contributed by atoms with Crippen LogP contribution in [0.1, 0.15) is 31.7 Å². The van der Waals surface area contributed by atoms with Gasteiger partial charge in [-0.25, -0.2) is 0 Å². The summed E-state index contributed by atoms with van der Waals surface area (Å²) in [6.07, 6.45) is 3.45. The predicted molar refractivity (Wildman–Crippen MR) is 84.0 cm³/mol. The summed E-state index contributed by atoms with van der Waals surface area (Å²) in [5.74, 6) is 0.0873. The van der Waals surface area contributed by atoms with E-state index in [4.69, 9.17) is 0 Å². The van der Waals surface area contributed by atoms with Crippen molar-refractivity contribution >= 4 is 5.91 Å². The number of amides is 1. The first-order valence-electron chi connectivity index (χ1n) is 7.86. The van der Waals surface area contributed by atoms with Crippen molar-refractivity contribution in [2.24, 2.45) is 5.41 Å². The number of hydrogen-bond acceptors (Lipinski definition) is 3. The molecule has 0 bridgehead atoms. The molecule has 0 spiro atoms. The Balaban J connectivity index is 1.98. The van der Waals surface area contributed by atoms with Crippen LogP contribution in [0.4, 0.5) is 0 Å². The molecule has 0 radical (unpaired) electrons. The fourth-order valence-corrected chi connectivity index (χ4v) is 3.14. The van der Waals surface area contributed by atoms with Crippen molar-refractivity contribution in [2.45, 2.75) is 38.6 Å². The Morgan fingerprint density at radius 1 is 1.43 bits per heavy atom. The molecular formula is C17H26N2O2. The molecule has 1 aromatic rings. The average molecular weight is 290 g/mol. The summed E-state index contributed by atoms with van der Waals surface area (Å²) in [7, 11) is 0. The normalized spacial score (nSPS) is 23.0. The van der Waals surface area contributed by atoms with Gasteiger partial charge in [0, 0.05) is 6.54 Å². The van der Waals surface area contributed by atoms with Crippen LogP contribution < -0.4 is 10.6 Å². The van der Waals surface area contributed by atoms with Crippen LogP contribution >= 0.6 is 0 Å². The molecule has 4 heteroatoms. The largest absolute Gasteiger partial charge is 0.394 e. The summed E-state index contributed by atoms with van der Waals surface area (Å²) >= 11 is 0. The van der Waals surface area contributed by atoms with Crippen molar-refractivity contribution in [2.75, 3.05) is 19.7 Å². The van der Waals surface area contributed by atoms with Gasteiger partial charge in [0.05, 0.1) is 18.1 Å². The van der Waals surface area contributed by atoms with E-state index >= 15 is 0 Å². The summed E-state index contributed by atoms with van der Waals surface area (Å²) in [6, 6.07) is 9.75. The van der Waals surface area contributed by atoms with E-state index in [2.05, 4.69) is 17.6 Å². The Bertz CT molecular complexity index is 441. The topological polar surface area (TPSA) is 61.4 Å². The minimum absolute atomic E-state index is 0.0315. The highest BCUT2D eigenvalue weighted by Crippen LogP contribution is 2.31. The second kappa shape index (κ2) is 7.57. The Labute approximate surface area is 126 Å². The van der Waals surface area contributed by atoms with E-state index in [1.807, 2.05) is 30.3 Å². The molecule has 1 aliphatic heterocycles. The smallest absolute Gasteiger partial charge is 0.227 e. The Hall–Kier alpha value is -1.39. The van der Waals surface area contributed by atoms with Gasteiger partial charge in [0.1, 0.15) is 0 Å². The lowest BCUT2D eigenvalue weighted by Gasteiger charge is -2.29. The molecule has 0 aromatic heterocycles. The van der Waals surface area contributed by atoms with Crippen molar-refractivity contribution in [1.29, 1.82) is 0 Å². The summed E-state index contributed by atoms with van der Waals surface area (Å²) in [5.41, 5.74) is 0.838. The van der Waals surface area contributed by atoms with Crippen molar-refractivity contribution < 1.29 is 9.90 Å². The summed E-state index contributed by atoms with van der Waals surface area (Å²) < 4.78 is 0. The highest BCUT2D eigenvalue weighted by Gasteiger charge is 2.40. The molecule has 1 saturated heterocycles. The van der Waals surface area contributed by atoms with E-state index in [1.165, 1.54) is 0 Å². The number of benzene rings is 1. The summed E-state index contributed by atoms with van der Waals surface area (Å²) in [5, 5.41) is 15.9. The molecule has 3 N–H and O–H groups in total. The molecule has 4 nitrogen and oxygen atoms in total. The van der Waals surface area contributed by atoms with Gasteiger partial charge in [0.25, 0.3) is 0 Å². The standard InChI is InChI=1S/C17H26N2O2/c1-2-8-17(9-10-18-13-17)16(21)19-15(12-20)11-14-6-4-3-5-7-14/h3-7,15,18,20H,2,8-13H2,1H3,(H,19,21)/t15-,17?/m0/s1. The number of aliphatic hydroxyl groups excluding tert-OH is 1. The quantitative estimate of drug-likeness (QED) is 0.713. The molecule has 0 saturated carbocycles. The van der Waals surface area contributed by atoms with Crippen LogP contribution in [0.5, 0.6) is 0 Å². The van der Waals surface area contributed by atoms with Gasteiger partial charge in [-0.2, -0.15) is 0 Å². The molecule has 2 rings (SSSR count). The lowest BCUT2D eigenvalue weighted by molar-refractivity contribution is -0.131. The number of carbonyl (C=O) groups is 1. The Morgan fingerprint density at radius 2 is 2.19 bits per heavy atom. The van der Waals surface area contributed by atoms with E-state index in [1.54, 1.807) is 0 Å². The zero-order valence-corrected chi connectivity index (χ0v) is 12.8. The third kappa shape index (κ3) is 4.05. The first-order valence-corrected chi connectivity index (χ1v) is 7.86. The fraction of sp³-hybridized carbons (Fsp3) is 0.588. The zero-order chi connectivity index (χ0) is 15.1. The van der Waals surface area contributed by atoms with Crippen molar-refractivity contribution in [3.05, 3.63) is 35.9 Å². The number of carbonyl (C=O) groups excluding carboxylic acids is 1. The van der Waals surface area contributed by atoms with Crippen LogP contribution in [-0.2, 0) is 11.2 Å². The number of aliphatic hydroxyl groups is 1.